The van der Waals surface area contributed by atoms with Crippen LogP contribution in [0.4, 0.5) is 0 Å². The van der Waals surface area contributed by atoms with Crippen LogP contribution < -0.4 is 0 Å². The first-order valence-electron chi connectivity index (χ1n) is 32.6. The van der Waals surface area contributed by atoms with Gasteiger partial charge in [-0.1, -0.05) is 275 Å². The van der Waals surface area contributed by atoms with Crippen LogP contribution in [0.3, 0.4) is 0 Å². The Hall–Kier alpha value is -2.63. The van der Waals surface area contributed by atoms with Crippen LogP contribution >= 0.6 is 0 Å². The van der Waals surface area contributed by atoms with Crippen molar-refractivity contribution in [1.82, 2.24) is 0 Å². The van der Waals surface area contributed by atoms with E-state index in [0.29, 0.717) is 19.3 Å². The Bertz CT molecular complexity index is 1280. The van der Waals surface area contributed by atoms with Gasteiger partial charge >= 0.3 is 17.9 Å². The number of unbranched alkanes of at least 4 members (excludes halogenated alkanes) is 41. The Labute approximate surface area is 460 Å². The zero-order chi connectivity index (χ0) is 53.6. The third-order valence-corrected chi connectivity index (χ3v) is 14.5. The topological polar surface area (TPSA) is 78.9 Å². The van der Waals surface area contributed by atoms with Gasteiger partial charge in [-0.3, -0.25) is 14.4 Å². The lowest BCUT2D eigenvalue weighted by Gasteiger charge is -2.18. The maximum atomic E-state index is 12.9. The van der Waals surface area contributed by atoms with E-state index in [4.69, 9.17) is 14.2 Å². The molecule has 0 rings (SSSR count). The number of carbonyl (C=O) groups is 3. The summed E-state index contributed by atoms with van der Waals surface area (Å²) >= 11 is 0. The van der Waals surface area contributed by atoms with E-state index >= 15 is 0 Å². The van der Waals surface area contributed by atoms with E-state index in [-0.39, 0.29) is 31.1 Å². The van der Waals surface area contributed by atoms with Crippen LogP contribution in [0, 0.1) is 0 Å². The van der Waals surface area contributed by atoms with Crippen molar-refractivity contribution in [3.8, 4) is 0 Å². The molecule has 74 heavy (non-hydrogen) atoms. The number of ether oxygens (including phenoxy) is 3. The van der Waals surface area contributed by atoms with Gasteiger partial charge in [0, 0.05) is 19.3 Å². The Morgan fingerprint density at radius 2 is 0.486 bits per heavy atom. The summed E-state index contributed by atoms with van der Waals surface area (Å²) in [6, 6.07) is 0. The van der Waals surface area contributed by atoms with Crippen LogP contribution in [0.15, 0.2) is 48.6 Å². The molecule has 0 saturated heterocycles. The summed E-state index contributed by atoms with van der Waals surface area (Å²) in [5.41, 5.74) is 0. The highest BCUT2D eigenvalue weighted by Gasteiger charge is 2.19. The third-order valence-electron chi connectivity index (χ3n) is 14.5. The number of allylic oxidation sites excluding steroid dienone is 8. The molecule has 0 heterocycles. The molecular formula is C68H124O6. The largest absolute Gasteiger partial charge is 0.462 e. The molecule has 0 radical (unpaired) electrons. The molecule has 1 atom stereocenters. The average Bonchev–Trinajstić information content (AvgIpc) is 3.40. The summed E-state index contributed by atoms with van der Waals surface area (Å²) in [4.78, 5) is 38.3. The number of esters is 3. The van der Waals surface area contributed by atoms with Gasteiger partial charge in [0.1, 0.15) is 13.2 Å². The molecule has 6 nitrogen and oxygen atoms in total. The molecule has 6 heteroatoms. The van der Waals surface area contributed by atoms with E-state index < -0.39 is 6.10 Å². The van der Waals surface area contributed by atoms with Crippen LogP contribution in [-0.2, 0) is 28.6 Å². The minimum Gasteiger partial charge on any atom is -0.462 e. The molecule has 0 aliphatic carbocycles. The van der Waals surface area contributed by atoms with Crippen molar-refractivity contribution in [2.75, 3.05) is 13.2 Å². The third kappa shape index (κ3) is 60.2. The minimum absolute atomic E-state index is 0.0772. The molecule has 1 unspecified atom stereocenters. The Morgan fingerprint density at radius 3 is 0.770 bits per heavy atom. The predicted octanol–water partition coefficient (Wildman–Crippen LogP) is 22.2. The summed E-state index contributed by atoms with van der Waals surface area (Å²) in [5.74, 6) is -0.875. The Balaban J connectivity index is 4.35. The second kappa shape index (κ2) is 62.9. The molecular weight excluding hydrogens is 913 g/mol. The maximum Gasteiger partial charge on any atom is 0.306 e. The van der Waals surface area contributed by atoms with Gasteiger partial charge in [0.2, 0.25) is 0 Å². The fourth-order valence-electron chi connectivity index (χ4n) is 9.58. The van der Waals surface area contributed by atoms with E-state index in [1.54, 1.807) is 0 Å². The number of rotatable bonds is 60. The van der Waals surface area contributed by atoms with Crippen LogP contribution in [0.1, 0.15) is 348 Å². The summed E-state index contributed by atoms with van der Waals surface area (Å²) in [7, 11) is 0. The van der Waals surface area contributed by atoms with Crippen LogP contribution in [0.5, 0.6) is 0 Å². The highest BCUT2D eigenvalue weighted by atomic mass is 16.6. The predicted molar refractivity (Wildman–Crippen MR) is 321 cm³/mol. The number of hydrogen-bond donors (Lipinski definition) is 0. The monoisotopic (exact) mass is 1040 g/mol. The first kappa shape index (κ1) is 71.4. The van der Waals surface area contributed by atoms with Crippen LogP contribution in [0.2, 0.25) is 0 Å². The van der Waals surface area contributed by atoms with Crippen molar-refractivity contribution in [3.05, 3.63) is 48.6 Å². The van der Waals surface area contributed by atoms with Gasteiger partial charge in [-0.25, -0.2) is 0 Å². The van der Waals surface area contributed by atoms with Crippen molar-refractivity contribution >= 4 is 17.9 Å². The maximum absolute atomic E-state index is 12.9. The summed E-state index contributed by atoms with van der Waals surface area (Å²) in [6.45, 7) is 6.66. The van der Waals surface area contributed by atoms with Gasteiger partial charge in [0.25, 0.3) is 0 Å². The zero-order valence-electron chi connectivity index (χ0n) is 49.6. The standard InChI is InChI=1S/C68H124O6/c1-4-7-10-13-16-19-22-25-28-31-33-34-36-37-40-43-46-49-52-55-58-61-67(70)73-64-65(63-72-66(69)60-57-54-51-48-45-42-39-30-27-24-21-18-15-12-9-6-3)74-68(71)62-59-56-53-50-47-44-41-38-35-32-29-26-23-20-17-14-11-8-5-2/h21,24,26,29-31,33,39,65H,4-20,22-23,25,27-28,32,34-38,40-64H2,1-3H3/b24-21-,29-26-,33-31-,39-30-. The second-order valence-electron chi connectivity index (χ2n) is 22.0. The SMILES string of the molecule is CCCCCC/C=C\C/C=C\CCCCCCCC(=O)OCC(COC(=O)CCCCCCCCCCC/C=C\CCCCCCCCCC)OC(=O)CCCCCCCCCCC/C=C\CCCCCCCC. The minimum atomic E-state index is -0.781. The molecule has 0 aliphatic rings. The van der Waals surface area contributed by atoms with Crippen LogP contribution in [0.25, 0.3) is 0 Å². The lowest BCUT2D eigenvalue weighted by atomic mass is 10.1. The smallest absolute Gasteiger partial charge is 0.306 e. The van der Waals surface area contributed by atoms with E-state index in [9.17, 15) is 14.4 Å². The molecule has 0 saturated carbocycles. The molecule has 432 valence electrons. The summed E-state index contributed by atoms with van der Waals surface area (Å²) in [5, 5.41) is 0. The first-order valence-corrected chi connectivity index (χ1v) is 32.6. The van der Waals surface area contributed by atoms with E-state index in [2.05, 4.69) is 69.4 Å². The van der Waals surface area contributed by atoms with Gasteiger partial charge in [-0.2, -0.15) is 0 Å². The summed E-state index contributed by atoms with van der Waals surface area (Å²) in [6.07, 6.45) is 78.3. The molecule has 0 fully saturated rings. The van der Waals surface area contributed by atoms with Gasteiger partial charge in [-0.05, 0) is 103 Å². The van der Waals surface area contributed by atoms with Crippen molar-refractivity contribution in [2.45, 2.75) is 354 Å². The summed E-state index contributed by atoms with van der Waals surface area (Å²) < 4.78 is 16.9. The molecule has 0 amide bonds. The molecule has 0 aromatic rings. The molecule has 0 N–H and O–H groups in total. The molecule has 0 aromatic heterocycles. The lowest BCUT2D eigenvalue weighted by molar-refractivity contribution is -0.167. The average molecular weight is 1040 g/mol. The lowest BCUT2D eigenvalue weighted by Crippen LogP contribution is -2.30. The van der Waals surface area contributed by atoms with Crippen molar-refractivity contribution < 1.29 is 28.6 Å². The second-order valence-corrected chi connectivity index (χ2v) is 22.0. The zero-order valence-corrected chi connectivity index (χ0v) is 49.6. The fourth-order valence-corrected chi connectivity index (χ4v) is 9.58. The van der Waals surface area contributed by atoms with Gasteiger partial charge in [-0.15, -0.1) is 0 Å². The Morgan fingerprint density at radius 1 is 0.270 bits per heavy atom. The molecule has 0 bridgehead atoms. The molecule has 0 aromatic carbocycles. The quantitative estimate of drug-likeness (QED) is 0.0261. The van der Waals surface area contributed by atoms with Crippen molar-refractivity contribution in [1.29, 1.82) is 0 Å². The highest BCUT2D eigenvalue weighted by Crippen LogP contribution is 2.17. The van der Waals surface area contributed by atoms with Gasteiger partial charge < -0.3 is 14.2 Å². The highest BCUT2D eigenvalue weighted by molar-refractivity contribution is 5.71. The molecule has 0 spiro atoms. The van der Waals surface area contributed by atoms with E-state index in [0.717, 1.165) is 77.0 Å². The first-order chi connectivity index (χ1) is 36.5. The fraction of sp³-hybridized carbons (Fsp3) is 0.838. The van der Waals surface area contributed by atoms with E-state index in [1.807, 2.05) is 0 Å². The Kier molecular flexibility index (Phi) is 60.7. The number of carbonyl (C=O) groups excluding carboxylic acids is 3. The van der Waals surface area contributed by atoms with Gasteiger partial charge in [0.15, 0.2) is 6.10 Å². The number of hydrogen-bond acceptors (Lipinski definition) is 6. The molecule has 0 aliphatic heterocycles. The normalized spacial score (nSPS) is 12.3. The van der Waals surface area contributed by atoms with E-state index in [1.165, 1.54) is 231 Å². The van der Waals surface area contributed by atoms with Crippen molar-refractivity contribution in [2.24, 2.45) is 0 Å². The van der Waals surface area contributed by atoms with Crippen molar-refractivity contribution in [3.63, 3.8) is 0 Å². The van der Waals surface area contributed by atoms with Crippen LogP contribution in [-0.4, -0.2) is 37.2 Å². The van der Waals surface area contributed by atoms with Gasteiger partial charge in [0.05, 0.1) is 0 Å².